The molecule has 1 unspecified atom stereocenters. The van der Waals surface area contributed by atoms with E-state index in [1.807, 2.05) is 11.4 Å². The Bertz CT molecular complexity index is 349. The van der Waals surface area contributed by atoms with E-state index in [2.05, 4.69) is 42.0 Å². The van der Waals surface area contributed by atoms with Gasteiger partial charge in [0.2, 0.25) is 0 Å². The summed E-state index contributed by atoms with van der Waals surface area (Å²) in [6.07, 6.45) is 0.910. The molecule has 0 fully saturated rings. The van der Waals surface area contributed by atoms with Crippen LogP contribution in [-0.4, -0.2) is 17.3 Å². The van der Waals surface area contributed by atoms with Crippen LogP contribution in [0.15, 0.2) is 11.4 Å². The standard InChI is InChI=1S/C12H18BrNOS/c1-4-9-5-6-16-11(9)12(15)14-10(7-13)8(2)3/h5-6,8,10H,4,7H2,1-3H3,(H,14,15). The molecular weight excluding hydrogens is 286 g/mol. The molecule has 4 heteroatoms. The minimum atomic E-state index is 0.0602. The van der Waals surface area contributed by atoms with E-state index in [9.17, 15) is 4.79 Å². The summed E-state index contributed by atoms with van der Waals surface area (Å²) in [5.74, 6) is 0.498. The van der Waals surface area contributed by atoms with Crippen LogP contribution in [-0.2, 0) is 6.42 Å². The van der Waals surface area contributed by atoms with Gasteiger partial charge < -0.3 is 5.32 Å². The third-order valence-electron chi connectivity index (χ3n) is 2.62. The first-order valence-corrected chi connectivity index (χ1v) is 7.53. The number of hydrogen-bond donors (Lipinski definition) is 1. The van der Waals surface area contributed by atoms with Crippen molar-refractivity contribution in [1.29, 1.82) is 0 Å². The summed E-state index contributed by atoms with van der Waals surface area (Å²) in [5.41, 5.74) is 1.14. The predicted molar refractivity (Wildman–Crippen MR) is 73.6 cm³/mol. The Morgan fingerprint density at radius 3 is 2.75 bits per heavy atom. The fourth-order valence-corrected chi connectivity index (χ4v) is 3.24. The summed E-state index contributed by atoms with van der Waals surface area (Å²) in [4.78, 5) is 12.9. The largest absolute Gasteiger partial charge is 0.348 e. The Morgan fingerprint density at radius 1 is 1.56 bits per heavy atom. The van der Waals surface area contributed by atoms with Gasteiger partial charge >= 0.3 is 0 Å². The van der Waals surface area contributed by atoms with Gasteiger partial charge in [0.15, 0.2) is 0 Å². The van der Waals surface area contributed by atoms with Gasteiger partial charge in [-0.3, -0.25) is 4.79 Å². The van der Waals surface area contributed by atoms with E-state index in [0.29, 0.717) is 5.92 Å². The van der Waals surface area contributed by atoms with Gasteiger partial charge in [-0.15, -0.1) is 11.3 Å². The molecule has 1 aromatic heterocycles. The summed E-state index contributed by atoms with van der Waals surface area (Å²) >= 11 is 4.95. The molecule has 90 valence electrons. The fourth-order valence-electron chi connectivity index (χ4n) is 1.43. The topological polar surface area (TPSA) is 29.1 Å². The highest BCUT2D eigenvalue weighted by Crippen LogP contribution is 2.18. The van der Waals surface area contributed by atoms with Crippen molar-refractivity contribution in [3.8, 4) is 0 Å². The number of thiophene rings is 1. The lowest BCUT2D eigenvalue weighted by atomic mass is 10.1. The maximum atomic E-state index is 12.0. The van der Waals surface area contributed by atoms with Crippen LogP contribution in [0.4, 0.5) is 0 Å². The van der Waals surface area contributed by atoms with Crippen LogP contribution in [0.3, 0.4) is 0 Å². The third kappa shape index (κ3) is 3.32. The Hall–Kier alpha value is -0.350. The lowest BCUT2D eigenvalue weighted by Gasteiger charge is -2.19. The maximum Gasteiger partial charge on any atom is 0.261 e. The summed E-state index contributed by atoms with van der Waals surface area (Å²) in [5, 5.41) is 5.84. The molecule has 1 rings (SSSR count). The number of amides is 1. The molecular formula is C12H18BrNOS. The molecule has 0 aromatic carbocycles. The number of hydrogen-bond acceptors (Lipinski definition) is 2. The van der Waals surface area contributed by atoms with Crippen LogP contribution in [0.2, 0.25) is 0 Å². The van der Waals surface area contributed by atoms with Gasteiger partial charge in [-0.25, -0.2) is 0 Å². The number of aryl methyl sites for hydroxylation is 1. The average Bonchev–Trinajstić information content (AvgIpc) is 2.72. The molecule has 0 spiro atoms. The summed E-state index contributed by atoms with van der Waals surface area (Å²) < 4.78 is 0. The Labute approximate surface area is 110 Å². The Balaban J connectivity index is 2.71. The van der Waals surface area contributed by atoms with E-state index in [0.717, 1.165) is 22.2 Å². The number of halogens is 1. The van der Waals surface area contributed by atoms with Crippen molar-refractivity contribution in [3.05, 3.63) is 21.9 Å². The van der Waals surface area contributed by atoms with Crippen molar-refractivity contribution in [2.24, 2.45) is 5.92 Å². The van der Waals surface area contributed by atoms with Gasteiger partial charge in [0.1, 0.15) is 0 Å². The molecule has 0 bridgehead atoms. The van der Waals surface area contributed by atoms with Gasteiger partial charge in [-0.2, -0.15) is 0 Å². The van der Waals surface area contributed by atoms with Crippen molar-refractivity contribution in [2.45, 2.75) is 33.2 Å². The highest BCUT2D eigenvalue weighted by Gasteiger charge is 2.18. The van der Waals surface area contributed by atoms with Crippen molar-refractivity contribution < 1.29 is 4.79 Å². The second-order valence-electron chi connectivity index (χ2n) is 4.11. The lowest BCUT2D eigenvalue weighted by Crippen LogP contribution is -2.39. The summed E-state index contributed by atoms with van der Waals surface area (Å²) in [6, 6.07) is 2.22. The second-order valence-corrected chi connectivity index (χ2v) is 5.67. The molecule has 0 radical (unpaired) electrons. The Kier molecular flexibility index (Phi) is 5.49. The molecule has 1 aromatic rings. The van der Waals surface area contributed by atoms with E-state index in [-0.39, 0.29) is 11.9 Å². The molecule has 1 amide bonds. The van der Waals surface area contributed by atoms with Crippen LogP contribution in [0.25, 0.3) is 0 Å². The van der Waals surface area contributed by atoms with Crippen molar-refractivity contribution in [2.75, 3.05) is 5.33 Å². The highest BCUT2D eigenvalue weighted by atomic mass is 79.9. The first-order valence-electron chi connectivity index (χ1n) is 5.53. The average molecular weight is 304 g/mol. The number of rotatable bonds is 5. The van der Waals surface area contributed by atoms with Gasteiger partial charge in [0.25, 0.3) is 5.91 Å². The van der Waals surface area contributed by atoms with Gasteiger partial charge in [-0.1, -0.05) is 36.7 Å². The lowest BCUT2D eigenvalue weighted by molar-refractivity contribution is 0.0935. The zero-order valence-corrected chi connectivity index (χ0v) is 12.3. The molecule has 0 aliphatic heterocycles. The molecule has 16 heavy (non-hydrogen) atoms. The van der Waals surface area contributed by atoms with E-state index in [4.69, 9.17) is 0 Å². The number of carbonyl (C=O) groups excluding carboxylic acids is 1. The van der Waals surface area contributed by atoms with Crippen LogP contribution in [0.1, 0.15) is 36.0 Å². The van der Waals surface area contributed by atoms with E-state index in [1.54, 1.807) is 0 Å². The van der Waals surface area contributed by atoms with Gasteiger partial charge in [0, 0.05) is 11.4 Å². The highest BCUT2D eigenvalue weighted by molar-refractivity contribution is 9.09. The number of alkyl halides is 1. The minimum Gasteiger partial charge on any atom is -0.348 e. The summed E-state index contributed by atoms with van der Waals surface area (Å²) in [7, 11) is 0. The molecule has 1 N–H and O–H groups in total. The van der Waals surface area contributed by atoms with Crippen LogP contribution in [0, 0.1) is 5.92 Å². The quantitative estimate of drug-likeness (QED) is 0.829. The first kappa shape index (κ1) is 13.7. The van der Waals surface area contributed by atoms with E-state index in [1.165, 1.54) is 11.3 Å². The van der Waals surface area contributed by atoms with Crippen molar-refractivity contribution >= 4 is 33.2 Å². The fraction of sp³-hybridized carbons (Fsp3) is 0.583. The molecule has 2 nitrogen and oxygen atoms in total. The third-order valence-corrected chi connectivity index (χ3v) is 4.27. The zero-order chi connectivity index (χ0) is 12.1. The van der Waals surface area contributed by atoms with Gasteiger partial charge in [0.05, 0.1) is 4.88 Å². The maximum absolute atomic E-state index is 12.0. The predicted octanol–water partition coefficient (Wildman–Crippen LogP) is 3.46. The van der Waals surface area contributed by atoms with Crippen LogP contribution < -0.4 is 5.32 Å². The monoisotopic (exact) mass is 303 g/mol. The number of carbonyl (C=O) groups is 1. The van der Waals surface area contributed by atoms with Crippen molar-refractivity contribution in [1.82, 2.24) is 5.32 Å². The Morgan fingerprint density at radius 2 is 2.25 bits per heavy atom. The SMILES string of the molecule is CCc1ccsc1C(=O)NC(CBr)C(C)C. The van der Waals surface area contributed by atoms with Crippen molar-refractivity contribution in [3.63, 3.8) is 0 Å². The summed E-state index contributed by atoms with van der Waals surface area (Å²) in [6.45, 7) is 6.30. The number of nitrogens with one attached hydrogen (secondary N) is 1. The second kappa shape index (κ2) is 6.40. The molecule has 0 saturated heterocycles. The van der Waals surface area contributed by atoms with E-state index < -0.39 is 0 Å². The molecule has 1 heterocycles. The van der Waals surface area contributed by atoms with Crippen LogP contribution >= 0.6 is 27.3 Å². The van der Waals surface area contributed by atoms with Crippen LogP contribution in [0.5, 0.6) is 0 Å². The zero-order valence-electron chi connectivity index (χ0n) is 9.92. The molecule has 1 atom stereocenters. The van der Waals surface area contributed by atoms with E-state index >= 15 is 0 Å². The molecule has 0 aliphatic carbocycles. The van der Waals surface area contributed by atoms with Gasteiger partial charge in [-0.05, 0) is 29.3 Å². The molecule has 0 saturated carbocycles. The smallest absolute Gasteiger partial charge is 0.261 e. The first-order chi connectivity index (χ1) is 7.60. The normalized spacial score (nSPS) is 12.8. The minimum absolute atomic E-state index is 0.0602. The molecule has 0 aliphatic rings.